The van der Waals surface area contributed by atoms with Crippen molar-refractivity contribution in [3.63, 3.8) is 0 Å². The molecule has 2 unspecified atom stereocenters. The molecule has 0 saturated carbocycles. The summed E-state index contributed by atoms with van der Waals surface area (Å²) in [6, 6.07) is 16.2. The fourth-order valence-electron chi connectivity index (χ4n) is 3.56. The lowest BCUT2D eigenvalue weighted by atomic mass is 9.85. The summed E-state index contributed by atoms with van der Waals surface area (Å²) < 4.78 is 20.7. The molecule has 2 heterocycles. The highest BCUT2D eigenvalue weighted by molar-refractivity contribution is 5.26. The lowest BCUT2D eigenvalue weighted by Crippen LogP contribution is -2.41. The van der Waals surface area contributed by atoms with E-state index in [0.29, 0.717) is 18.9 Å². The molecule has 0 N–H and O–H groups in total. The molecular weight excluding hydrogens is 347 g/mol. The second kappa shape index (κ2) is 7.46. The fourth-order valence-corrected chi connectivity index (χ4v) is 3.56. The van der Waals surface area contributed by atoms with Crippen LogP contribution in [0.2, 0.25) is 0 Å². The second-order valence-corrected chi connectivity index (χ2v) is 6.68. The largest absolute Gasteiger partial charge is 0.491 e. The van der Waals surface area contributed by atoms with Gasteiger partial charge >= 0.3 is 0 Å². The molecule has 1 saturated heterocycles. The minimum Gasteiger partial charge on any atom is -0.491 e. The van der Waals surface area contributed by atoms with E-state index in [-0.39, 0.29) is 17.5 Å². The van der Waals surface area contributed by atoms with Crippen LogP contribution in [0, 0.1) is 5.82 Å². The van der Waals surface area contributed by atoms with Crippen LogP contribution in [0.15, 0.2) is 67.3 Å². The Kier molecular flexibility index (Phi) is 4.87. The molecule has 2 atom stereocenters. The highest BCUT2D eigenvalue weighted by Gasteiger charge is 2.47. The number of hydroxylamine groups is 2. The van der Waals surface area contributed by atoms with Crippen LogP contribution in [0.5, 0.6) is 5.75 Å². The van der Waals surface area contributed by atoms with Gasteiger partial charge in [-0.05, 0) is 29.8 Å². The number of hydrogen-bond acceptors (Lipinski definition) is 5. The average Bonchev–Trinajstić information content (AvgIpc) is 3.31. The highest BCUT2D eigenvalue weighted by atomic mass is 19.1. The van der Waals surface area contributed by atoms with E-state index in [9.17, 15) is 4.39 Å². The maximum atomic E-state index is 13.0. The van der Waals surface area contributed by atoms with Crippen LogP contribution in [0.25, 0.3) is 0 Å². The van der Waals surface area contributed by atoms with E-state index in [1.165, 1.54) is 18.5 Å². The molecule has 1 aromatic heterocycles. The first-order chi connectivity index (χ1) is 13.2. The van der Waals surface area contributed by atoms with E-state index in [4.69, 9.17) is 9.57 Å². The Bertz CT molecular complexity index is 857. The molecule has 0 bridgehead atoms. The van der Waals surface area contributed by atoms with Crippen molar-refractivity contribution in [2.75, 3.05) is 13.7 Å². The number of likely N-dealkylation sites (N-methyl/N-ethyl adjacent to an activating group) is 1. The summed E-state index contributed by atoms with van der Waals surface area (Å²) in [5, 5.41) is 6.16. The van der Waals surface area contributed by atoms with Crippen LogP contribution < -0.4 is 4.74 Å². The molecule has 0 aliphatic carbocycles. The highest BCUT2D eigenvalue weighted by Crippen LogP contribution is 2.41. The Morgan fingerprint density at radius 1 is 1.19 bits per heavy atom. The standard InChI is InChI=1S/C20H21FN4O2/c1-24-20(13-25-15-22-14-23-25,16-5-3-2-4-6-16)11-19(27-24)12-26-18-9-7-17(21)8-10-18/h2-10,14-15,19H,11-13H2,1H3. The molecule has 4 rings (SSSR count). The minimum absolute atomic E-state index is 0.135. The normalized spacial score (nSPS) is 22.8. The van der Waals surface area contributed by atoms with E-state index in [1.807, 2.05) is 35.0 Å². The van der Waals surface area contributed by atoms with Gasteiger partial charge in [0.2, 0.25) is 0 Å². The third-order valence-electron chi connectivity index (χ3n) is 4.93. The number of halogens is 1. The summed E-state index contributed by atoms with van der Waals surface area (Å²) in [4.78, 5) is 10.2. The molecular formula is C20H21FN4O2. The molecule has 0 amide bonds. The molecule has 27 heavy (non-hydrogen) atoms. The van der Waals surface area contributed by atoms with Gasteiger partial charge in [0.25, 0.3) is 0 Å². The Morgan fingerprint density at radius 2 is 1.96 bits per heavy atom. The van der Waals surface area contributed by atoms with Crippen molar-refractivity contribution in [2.24, 2.45) is 0 Å². The molecule has 3 aromatic rings. The van der Waals surface area contributed by atoms with E-state index in [2.05, 4.69) is 22.2 Å². The third-order valence-corrected chi connectivity index (χ3v) is 4.93. The number of benzene rings is 2. The Hall–Kier alpha value is -2.77. The maximum Gasteiger partial charge on any atom is 0.137 e. The molecule has 6 nitrogen and oxygen atoms in total. The Balaban J connectivity index is 1.53. The van der Waals surface area contributed by atoms with Crippen molar-refractivity contribution >= 4 is 0 Å². The van der Waals surface area contributed by atoms with Crippen molar-refractivity contribution in [2.45, 2.75) is 24.6 Å². The van der Waals surface area contributed by atoms with Crippen molar-refractivity contribution in [3.8, 4) is 5.75 Å². The van der Waals surface area contributed by atoms with Crippen LogP contribution in [-0.2, 0) is 16.9 Å². The lowest BCUT2D eigenvalue weighted by molar-refractivity contribution is -0.180. The first kappa shape index (κ1) is 17.6. The Labute approximate surface area is 157 Å². The summed E-state index contributed by atoms with van der Waals surface area (Å²) in [7, 11) is 1.93. The maximum absolute atomic E-state index is 13.0. The summed E-state index contributed by atoms with van der Waals surface area (Å²) in [6.45, 7) is 0.989. The lowest BCUT2D eigenvalue weighted by Gasteiger charge is -2.34. The predicted octanol–water partition coefficient (Wildman–Crippen LogP) is 3.03. The molecule has 7 heteroatoms. The quantitative estimate of drug-likeness (QED) is 0.669. The molecule has 140 valence electrons. The van der Waals surface area contributed by atoms with E-state index in [1.54, 1.807) is 18.5 Å². The Morgan fingerprint density at radius 3 is 2.67 bits per heavy atom. The molecule has 1 fully saturated rings. The molecule has 0 radical (unpaired) electrons. The molecule has 2 aromatic carbocycles. The van der Waals surface area contributed by atoms with Gasteiger partial charge in [0, 0.05) is 13.5 Å². The van der Waals surface area contributed by atoms with Crippen LogP contribution in [0.4, 0.5) is 4.39 Å². The summed E-state index contributed by atoms with van der Waals surface area (Å²) >= 11 is 0. The number of rotatable bonds is 6. The number of aromatic nitrogens is 3. The average molecular weight is 368 g/mol. The van der Waals surface area contributed by atoms with Crippen molar-refractivity contribution < 1.29 is 14.0 Å². The summed E-state index contributed by atoms with van der Waals surface area (Å²) in [5.41, 5.74) is 0.762. The van der Waals surface area contributed by atoms with Crippen LogP contribution >= 0.6 is 0 Å². The monoisotopic (exact) mass is 368 g/mol. The molecule has 1 aliphatic heterocycles. The van der Waals surface area contributed by atoms with Gasteiger partial charge in [-0.2, -0.15) is 10.2 Å². The van der Waals surface area contributed by atoms with Gasteiger partial charge in [0.1, 0.15) is 36.9 Å². The third kappa shape index (κ3) is 3.70. The number of nitrogens with zero attached hydrogens (tertiary/aromatic N) is 4. The SMILES string of the molecule is CN1OC(COc2ccc(F)cc2)CC1(Cn1cncn1)c1ccccc1. The van der Waals surface area contributed by atoms with Gasteiger partial charge in [0.15, 0.2) is 0 Å². The molecule has 0 spiro atoms. The van der Waals surface area contributed by atoms with E-state index < -0.39 is 0 Å². The van der Waals surface area contributed by atoms with Crippen LogP contribution in [0.1, 0.15) is 12.0 Å². The second-order valence-electron chi connectivity index (χ2n) is 6.68. The van der Waals surface area contributed by atoms with Crippen LogP contribution in [-0.4, -0.2) is 39.6 Å². The van der Waals surface area contributed by atoms with Gasteiger partial charge in [-0.1, -0.05) is 30.3 Å². The predicted molar refractivity (Wildman–Crippen MR) is 97.3 cm³/mol. The van der Waals surface area contributed by atoms with Crippen molar-refractivity contribution in [3.05, 3.63) is 78.6 Å². The first-order valence-electron chi connectivity index (χ1n) is 8.83. The van der Waals surface area contributed by atoms with Gasteiger partial charge < -0.3 is 4.74 Å². The topological polar surface area (TPSA) is 52.4 Å². The minimum atomic E-state index is -0.383. The zero-order chi connectivity index (χ0) is 18.7. The zero-order valence-corrected chi connectivity index (χ0v) is 15.0. The first-order valence-corrected chi connectivity index (χ1v) is 8.83. The van der Waals surface area contributed by atoms with Gasteiger partial charge in [-0.15, -0.1) is 0 Å². The van der Waals surface area contributed by atoms with E-state index in [0.717, 1.165) is 12.0 Å². The van der Waals surface area contributed by atoms with Gasteiger partial charge in [-0.3, -0.25) is 9.52 Å². The fraction of sp³-hybridized carbons (Fsp3) is 0.300. The van der Waals surface area contributed by atoms with E-state index >= 15 is 0 Å². The number of hydrogen-bond donors (Lipinski definition) is 0. The smallest absolute Gasteiger partial charge is 0.137 e. The van der Waals surface area contributed by atoms with Crippen molar-refractivity contribution in [1.82, 2.24) is 19.8 Å². The van der Waals surface area contributed by atoms with Crippen molar-refractivity contribution in [1.29, 1.82) is 0 Å². The van der Waals surface area contributed by atoms with Gasteiger partial charge in [0.05, 0.1) is 12.1 Å². The van der Waals surface area contributed by atoms with Crippen LogP contribution in [0.3, 0.4) is 0 Å². The zero-order valence-electron chi connectivity index (χ0n) is 15.0. The summed E-state index contributed by atoms with van der Waals surface area (Å²) in [5.74, 6) is 0.339. The molecule has 1 aliphatic rings. The summed E-state index contributed by atoms with van der Waals surface area (Å²) in [6.07, 6.45) is 3.84. The number of ether oxygens (including phenoxy) is 1. The van der Waals surface area contributed by atoms with Gasteiger partial charge in [-0.25, -0.2) is 9.37 Å².